The predicted molar refractivity (Wildman–Crippen MR) is 41.0 cm³/mol. The molecule has 5 N–H and O–H groups in total. The third kappa shape index (κ3) is 5.09. The minimum absolute atomic E-state index is 0.987. The molecule has 8 heteroatoms. The van der Waals surface area contributed by atoms with Gasteiger partial charge in [0.25, 0.3) is 0 Å². The number of carbonyl (C=O) groups excluding carboxylic acids is 1. The SMILES string of the molecule is O=C(CO)[C@@H](O)[C@H](O)CP(=O)(O)O. The van der Waals surface area contributed by atoms with E-state index in [0.717, 1.165) is 0 Å². The second-order valence-corrected chi connectivity index (χ2v) is 4.18. The third-order valence-electron chi connectivity index (χ3n) is 1.28. The summed E-state index contributed by atoms with van der Waals surface area (Å²) in [5.41, 5.74) is 0. The summed E-state index contributed by atoms with van der Waals surface area (Å²) < 4.78 is 10.3. The lowest BCUT2D eigenvalue weighted by molar-refractivity contribution is -0.134. The van der Waals surface area contributed by atoms with Gasteiger partial charge in [-0.1, -0.05) is 0 Å². The number of aliphatic hydroxyl groups is 3. The smallest absolute Gasteiger partial charge is 0.328 e. The van der Waals surface area contributed by atoms with Gasteiger partial charge in [0.15, 0.2) is 5.78 Å². The number of aliphatic hydroxyl groups excluding tert-OH is 3. The van der Waals surface area contributed by atoms with Crippen LogP contribution < -0.4 is 0 Å². The van der Waals surface area contributed by atoms with Crippen molar-refractivity contribution in [1.82, 2.24) is 0 Å². The maximum atomic E-state index is 10.5. The van der Waals surface area contributed by atoms with E-state index in [2.05, 4.69) is 0 Å². The predicted octanol–water partition coefficient (Wildman–Crippen LogP) is -2.55. The molecule has 0 spiro atoms. The summed E-state index contributed by atoms with van der Waals surface area (Å²) in [5.74, 6) is -1.08. The van der Waals surface area contributed by atoms with Gasteiger partial charge in [-0.25, -0.2) is 0 Å². The summed E-state index contributed by atoms with van der Waals surface area (Å²) in [6.07, 6.45) is -4.84. The molecule has 0 aliphatic carbocycles. The van der Waals surface area contributed by atoms with Crippen LogP contribution in [0.5, 0.6) is 0 Å². The summed E-state index contributed by atoms with van der Waals surface area (Å²) in [6, 6.07) is 0. The molecular weight excluding hydrogens is 203 g/mol. The van der Waals surface area contributed by atoms with Crippen LogP contribution in [0.4, 0.5) is 0 Å². The maximum absolute atomic E-state index is 10.5. The Morgan fingerprint density at radius 1 is 1.31 bits per heavy atom. The lowest BCUT2D eigenvalue weighted by Crippen LogP contribution is -2.37. The largest absolute Gasteiger partial charge is 0.389 e. The standard InChI is InChI=1S/C5H11O7P/c6-1-3(7)5(9)4(8)2-13(10,11)12/h4-6,8-9H,1-2H2,(H2,10,11,12)/t4-,5-/m1/s1. The van der Waals surface area contributed by atoms with Crippen molar-refractivity contribution in [3.8, 4) is 0 Å². The Bertz CT molecular complexity index is 221. The fraction of sp³-hybridized carbons (Fsp3) is 0.800. The molecule has 7 nitrogen and oxygen atoms in total. The Morgan fingerprint density at radius 3 is 2.08 bits per heavy atom. The van der Waals surface area contributed by atoms with Crippen molar-refractivity contribution in [2.75, 3.05) is 12.8 Å². The van der Waals surface area contributed by atoms with Crippen molar-refractivity contribution in [2.45, 2.75) is 12.2 Å². The first-order valence-electron chi connectivity index (χ1n) is 3.32. The highest BCUT2D eigenvalue weighted by atomic mass is 31.2. The summed E-state index contributed by atoms with van der Waals surface area (Å²) in [6.45, 7) is -0.987. The van der Waals surface area contributed by atoms with Gasteiger partial charge in [0.05, 0.1) is 12.3 Å². The van der Waals surface area contributed by atoms with Gasteiger partial charge in [0, 0.05) is 0 Å². The highest BCUT2D eigenvalue weighted by Gasteiger charge is 2.29. The van der Waals surface area contributed by atoms with Crippen molar-refractivity contribution < 1.29 is 34.5 Å². The summed E-state index contributed by atoms with van der Waals surface area (Å²) in [5, 5.41) is 26.0. The van der Waals surface area contributed by atoms with Crippen molar-refractivity contribution in [3.05, 3.63) is 0 Å². The average molecular weight is 214 g/mol. The van der Waals surface area contributed by atoms with Crippen LogP contribution in [-0.2, 0) is 9.36 Å². The molecule has 78 valence electrons. The van der Waals surface area contributed by atoms with E-state index < -0.39 is 38.4 Å². The number of hydrogen-bond donors (Lipinski definition) is 5. The third-order valence-corrected chi connectivity index (χ3v) is 2.12. The quantitative estimate of drug-likeness (QED) is 0.318. The normalized spacial score (nSPS) is 16.7. The van der Waals surface area contributed by atoms with Gasteiger partial charge >= 0.3 is 7.60 Å². The second kappa shape index (κ2) is 4.80. The van der Waals surface area contributed by atoms with E-state index in [1.165, 1.54) is 0 Å². The highest BCUT2D eigenvalue weighted by molar-refractivity contribution is 7.51. The number of ketones is 1. The molecule has 0 aromatic heterocycles. The molecule has 0 heterocycles. The number of hydrogen-bond acceptors (Lipinski definition) is 5. The first kappa shape index (κ1) is 12.7. The molecule has 0 aromatic carbocycles. The maximum Gasteiger partial charge on any atom is 0.328 e. The fourth-order valence-electron chi connectivity index (χ4n) is 0.652. The first-order valence-corrected chi connectivity index (χ1v) is 5.12. The minimum Gasteiger partial charge on any atom is -0.389 e. The summed E-state index contributed by atoms with van der Waals surface area (Å²) in [4.78, 5) is 27.2. The van der Waals surface area contributed by atoms with E-state index in [4.69, 9.17) is 25.1 Å². The van der Waals surface area contributed by atoms with Crippen LogP contribution in [0, 0.1) is 0 Å². The number of carbonyl (C=O) groups is 1. The lowest BCUT2D eigenvalue weighted by atomic mass is 10.1. The van der Waals surface area contributed by atoms with Crippen LogP contribution in [0.25, 0.3) is 0 Å². The molecular formula is C5H11O7P. The number of rotatable bonds is 5. The zero-order valence-corrected chi connectivity index (χ0v) is 7.46. The molecule has 0 saturated heterocycles. The molecule has 0 rings (SSSR count). The van der Waals surface area contributed by atoms with Crippen LogP contribution in [0.2, 0.25) is 0 Å². The molecule has 13 heavy (non-hydrogen) atoms. The van der Waals surface area contributed by atoms with E-state index in [0.29, 0.717) is 0 Å². The Kier molecular flexibility index (Phi) is 4.69. The van der Waals surface area contributed by atoms with Gasteiger partial charge < -0.3 is 25.1 Å². The Balaban J connectivity index is 4.19. The minimum atomic E-state index is -4.47. The zero-order chi connectivity index (χ0) is 10.6. The molecule has 0 saturated carbocycles. The molecule has 0 bridgehead atoms. The summed E-state index contributed by atoms with van der Waals surface area (Å²) >= 11 is 0. The van der Waals surface area contributed by atoms with E-state index in [1.807, 2.05) is 0 Å². The van der Waals surface area contributed by atoms with Gasteiger partial charge in [-0.2, -0.15) is 0 Å². The Morgan fingerprint density at radius 2 is 1.77 bits per heavy atom. The zero-order valence-electron chi connectivity index (χ0n) is 6.57. The topological polar surface area (TPSA) is 135 Å². The van der Waals surface area contributed by atoms with Crippen LogP contribution in [-0.4, -0.2) is 55.9 Å². The lowest BCUT2D eigenvalue weighted by Gasteiger charge is -2.15. The molecule has 0 aliphatic rings. The Hall–Kier alpha value is -0.300. The van der Waals surface area contributed by atoms with Gasteiger partial charge in [-0.15, -0.1) is 0 Å². The number of Topliss-reactive ketones (excluding diaryl/α,β-unsaturated/α-hetero) is 1. The second-order valence-electron chi connectivity index (χ2n) is 2.48. The van der Waals surface area contributed by atoms with Gasteiger partial charge in [0.1, 0.15) is 12.7 Å². The molecule has 0 aromatic rings. The Labute approximate surface area is 73.8 Å². The molecule has 0 aliphatic heterocycles. The van der Waals surface area contributed by atoms with Crippen LogP contribution in [0.1, 0.15) is 0 Å². The average Bonchev–Trinajstić information content (AvgIpc) is 1.98. The molecule has 0 fully saturated rings. The van der Waals surface area contributed by atoms with Gasteiger partial charge in [-0.3, -0.25) is 9.36 Å². The highest BCUT2D eigenvalue weighted by Crippen LogP contribution is 2.35. The molecule has 0 amide bonds. The van der Waals surface area contributed by atoms with Crippen LogP contribution in [0.3, 0.4) is 0 Å². The fourth-order valence-corrected chi connectivity index (χ4v) is 1.34. The van der Waals surface area contributed by atoms with Crippen LogP contribution in [0.15, 0.2) is 0 Å². The van der Waals surface area contributed by atoms with Crippen molar-refractivity contribution in [1.29, 1.82) is 0 Å². The summed E-state index contributed by atoms with van der Waals surface area (Å²) in [7, 11) is -4.47. The van der Waals surface area contributed by atoms with E-state index >= 15 is 0 Å². The van der Waals surface area contributed by atoms with Gasteiger partial charge in [0.2, 0.25) is 0 Å². The van der Waals surface area contributed by atoms with Crippen molar-refractivity contribution in [2.24, 2.45) is 0 Å². The van der Waals surface area contributed by atoms with Crippen molar-refractivity contribution >= 4 is 13.4 Å². The van der Waals surface area contributed by atoms with Crippen LogP contribution >= 0.6 is 7.60 Å². The molecule has 0 unspecified atom stereocenters. The molecule has 0 radical (unpaired) electrons. The molecule has 2 atom stereocenters. The first-order chi connectivity index (χ1) is 5.78. The van der Waals surface area contributed by atoms with E-state index in [1.54, 1.807) is 0 Å². The van der Waals surface area contributed by atoms with Crippen molar-refractivity contribution in [3.63, 3.8) is 0 Å². The monoisotopic (exact) mass is 214 g/mol. The van der Waals surface area contributed by atoms with E-state index in [-0.39, 0.29) is 0 Å². The van der Waals surface area contributed by atoms with Gasteiger partial charge in [-0.05, 0) is 0 Å². The van der Waals surface area contributed by atoms with E-state index in [9.17, 15) is 9.36 Å².